The van der Waals surface area contributed by atoms with Gasteiger partial charge in [-0.25, -0.2) is 4.79 Å². The summed E-state index contributed by atoms with van der Waals surface area (Å²) in [5.74, 6) is -0.706. The lowest BCUT2D eigenvalue weighted by Crippen LogP contribution is -2.72. The first-order valence-electron chi connectivity index (χ1n) is 8.14. The standard InChI is InChI=1S/C17H30N2O3/c1-9-16(7,8)19-13(21)17(10-2,11-3)12(20)18(14(19)22)15(4,5)6/h9-11H2,1-8H3. The van der Waals surface area contributed by atoms with Gasteiger partial charge in [0.05, 0.1) is 0 Å². The first-order valence-corrected chi connectivity index (χ1v) is 8.14. The van der Waals surface area contributed by atoms with Gasteiger partial charge in [0, 0.05) is 11.1 Å². The van der Waals surface area contributed by atoms with Gasteiger partial charge in [-0.1, -0.05) is 20.8 Å². The number of barbiturate groups is 1. The Balaban J connectivity index is 3.59. The predicted molar refractivity (Wildman–Crippen MR) is 86.2 cm³/mol. The molecular weight excluding hydrogens is 280 g/mol. The summed E-state index contributed by atoms with van der Waals surface area (Å²) in [6.07, 6.45) is 1.44. The Morgan fingerprint density at radius 1 is 0.818 bits per heavy atom. The van der Waals surface area contributed by atoms with E-state index >= 15 is 0 Å². The molecule has 0 saturated carbocycles. The molecule has 0 spiro atoms. The zero-order valence-corrected chi connectivity index (χ0v) is 15.2. The van der Waals surface area contributed by atoms with E-state index in [0.29, 0.717) is 19.3 Å². The molecule has 1 saturated heterocycles. The van der Waals surface area contributed by atoms with E-state index in [1.165, 1.54) is 9.80 Å². The van der Waals surface area contributed by atoms with E-state index in [0.717, 1.165) is 0 Å². The highest BCUT2D eigenvalue weighted by Crippen LogP contribution is 2.41. The van der Waals surface area contributed by atoms with Crippen LogP contribution in [0.1, 0.15) is 74.7 Å². The molecule has 0 N–H and O–H groups in total. The number of rotatable bonds is 4. The lowest BCUT2D eigenvalue weighted by molar-refractivity contribution is -0.166. The average Bonchev–Trinajstić information content (AvgIpc) is 2.38. The van der Waals surface area contributed by atoms with Gasteiger partial charge in [-0.15, -0.1) is 0 Å². The van der Waals surface area contributed by atoms with Crippen LogP contribution in [0.3, 0.4) is 0 Å². The van der Waals surface area contributed by atoms with Crippen molar-refractivity contribution in [3.63, 3.8) is 0 Å². The highest BCUT2D eigenvalue weighted by Gasteiger charge is 2.59. The number of imide groups is 2. The van der Waals surface area contributed by atoms with Crippen molar-refractivity contribution in [3.8, 4) is 0 Å². The third-order valence-corrected chi connectivity index (χ3v) is 4.96. The third kappa shape index (κ3) is 2.55. The normalized spacial score (nSPS) is 19.9. The number of urea groups is 1. The van der Waals surface area contributed by atoms with Crippen LogP contribution in [0.4, 0.5) is 4.79 Å². The van der Waals surface area contributed by atoms with Gasteiger partial charge in [-0.2, -0.15) is 0 Å². The minimum Gasteiger partial charge on any atom is -0.273 e. The number of hydrogen-bond donors (Lipinski definition) is 0. The second-order valence-electron chi connectivity index (χ2n) is 7.69. The Morgan fingerprint density at radius 3 is 1.55 bits per heavy atom. The maximum atomic E-state index is 13.1. The lowest BCUT2D eigenvalue weighted by atomic mass is 9.75. The molecule has 1 aliphatic rings. The monoisotopic (exact) mass is 310 g/mol. The van der Waals surface area contributed by atoms with Gasteiger partial charge in [0.1, 0.15) is 5.41 Å². The van der Waals surface area contributed by atoms with Crippen LogP contribution in [-0.4, -0.2) is 38.7 Å². The van der Waals surface area contributed by atoms with Gasteiger partial charge in [0.2, 0.25) is 11.8 Å². The van der Waals surface area contributed by atoms with E-state index in [-0.39, 0.29) is 11.8 Å². The molecule has 0 unspecified atom stereocenters. The number of nitrogens with zero attached hydrogens (tertiary/aromatic N) is 2. The molecule has 1 fully saturated rings. The van der Waals surface area contributed by atoms with Crippen molar-refractivity contribution >= 4 is 17.8 Å². The van der Waals surface area contributed by atoms with Crippen LogP contribution < -0.4 is 0 Å². The molecular formula is C17H30N2O3. The van der Waals surface area contributed by atoms with Crippen LogP contribution in [0.5, 0.6) is 0 Å². The maximum Gasteiger partial charge on any atom is 0.334 e. The average molecular weight is 310 g/mol. The molecule has 1 rings (SSSR count). The Morgan fingerprint density at radius 2 is 1.23 bits per heavy atom. The Bertz CT molecular complexity index is 485. The molecule has 0 aromatic rings. The summed E-state index contributed by atoms with van der Waals surface area (Å²) < 4.78 is 0. The summed E-state index contributed by atoms with van der Waals surface area (Å²) in [5, 5.41) is 0. The molecule has 0 radical (unpaired) electrons. The van der Waals surface area contributed by atoms with Gasteiger partial charge < -0.3 is 0 Å². The minimum absolute atomic E-state index is 0.347. The second-order valence-corrected chi connectivity index (χ2v) is 7.69. The first-order chi connectivity index (χ1) is 9.90. The van der Waals surface area contributed by atoms with E-state index in [1.54, 1.807) is 0 Å². The van der Waals surface area contributed by atoms with Crippen LogP contribution >= 0.6 is 0 Å². The predicted octanol–water partition coefficient (Wildman–Crippen LogP) is 3.57. The maximum absolute atomic E-state index is 13.1. The number of carbonyl (C=O) groups excluding carboxylic acids is 3. The van der Waals surface area contributed by atoms with E-state index < -0.39 is 22.5 Å². The fourth-order valence-electron chi connectivity index (χ4n) is 2.93. The summed E-state index contributed by atoms with van der Waals surface area (Å²) in [4.78, 5) is 41.6. The van der Waals surface area contributed by atoms with Gasteiger partial charge in [-0.3, -0.25) is 19.4 Å². The van der Waals surface area contributed by atoms with Crippen LogP contribution in [0.15, 0.2) is 0 Å². The van der Waals surface area contributed by atoms with Crippen molar-refractivity contribution in [1.29, 1.82) is 0 Å². The molecule has 22 heavy (non-hydrogen) atoms. The van der Waals surface area contributed by atoms with Crippen molar-refractivity contribution in [1.82, 2.24) is 9.80 Å². The van der Waals surface area contributed by atoms with Crippen molar-refractivity contribution in [2.24, 2.45) is 5.41 Å². The quantitative estimate of drug-likeness (QED) is 0.746. The van der Waals surface area contributed by atoms with E-state index in [9.17, 15) is 14.4 Å². The smallest absolute Gasteiger partial charge is 0.273 e. The second kappa shape index (κ2) is 5.67. The summed E-state index contributed by atoms with van der Waals surface area (Å²) in [6.45, 7) is 14.8. The molecule has 126 valence electrons. The van der Waals surface area contributed by atoms with Crippen molar-refractivity contribution in [2.75, 3.05) is 0 Å². The largest absolute Gasteiger partial charge is 0.334 e. The van der Waals surface area contributed by atoms with Gasteiger partial charge in [0.15, 0.2) is 0 Å². The molecule has 4 amide bonds. The van der Waals surface area contributed by atoms with Gasteiger partial charge in [-0.05, 0) is 53.9 Å². The fourth-order valence-corrected chi connectivity index (χ4v) is 2.93. The molecule has 0 aliphatic carbocycles. The van der Waals surface area contributed by atoms with E-state index in [2.05, 4.69) is 0 Å². The van der Waals surface area contributed by atoms with Gasteiger partial charge >= 0.3 is 6.03 Å². The van der Waals surface area contributed by atoms with Crippen LogP contribution in [0.2, 0.25) is 0 Å². The molecule has 0 aromatic carbocycles. The highest BCUT2D eigenvalue weighted by molar-refractivity contribution is 6.19. The fraction of sp³-hybridized carbons (Fsp3) is 0.824. The summed E-state index contributed by atoms with van der Waals surface area (Å²) in [6, 6.07) is -0.494. The van der Waals surface area contributed by atoms with Gasteiger partial charge in [0.25, 0.3) is 0 Å². The van der Waals surface area contributed by atoms with E-state index in [1.807, 2.05) is 55.4 Å². The number of carbonyl (C=O) groups is 3. The highest BCUT2D eigenvalue weighted by atomic mass is 16.2. The first kappa shape index (κ1) is 18.7. The molecule has 1 aliphatic heterocycles. The lowest BCUT2D eigenvalue weighted by Gasteiger charge is -2.52. The SMILES string of the molecule is CCC1(CC)C(=O)N(C(C)(C)C)C(=O)N(C(C)(C)CC)C1=O. The molecule has 5 heteroatoms. The topological polar surface area (TPSA) is 57.7 Å². The molecule has 0 bridgehead atoms. The number of hydrogen-bond acceptors (Lipinski definition) is 3. The van der Waals surface area contributed by atoms with Crippen LogP contribution in [-0.2, 0) is 9.59 Å². The van der Waals surface area contributed by atoms with Crippen LogP contribution in [0.25, 0.3) is 0 Å². The van der Waals surface area contributed by atoms with Crippen LogP contribution in [0, 0.1) is 5.41 Å². The molecule has 5 nitrogen and oxygen atoms in total. The molecule has 0 aromatic heterocycles. The Kier molecular flexibility index (Phi) is 4.81. The zero-order chi connectivity index (χ0) is 17.5. The summed E-state index contributed by atoms with van der Waals surface area (Å²) in [5.41, 5.74) is -2.41. The Hall–Kier alpha value is -1.39. The van der Waals surface area contributed by atoms with Crippen molar-refractivity contribution < 1.29 is 14.4 Å². The zero-order valence-electron chi connectivity index (χ0n) is 15.2. The molecule has 0 atom stereocenters. The summed E-state index contributed by atoms with van der Waals surface area (Å²) in [7, 11) is 0. The minimum atomic E-state index is -1.13. The third-order valence-electron chi connectivity index (χ3n) is 4.96. The summed E-state index contributed by atoms with van der Waals surface area (Å²) >= 11 is 0. The molecule has 1 heterocycles. The Labute approximate surface area is 134 Å². The number of amides is 4. The van der Waals surface area contributed by atoms with E-state index in [4.69, 9.17) is 0 Å². The van der Waals surface area contributed by atoms with Crippen molar-refractivity contribution in [2.45, 2.75) is 85.7 Å². The van der Waals surface area contributed by atoms with Crippen molar-refractivity contribution in [3.05, 3.63) is 0 Å².